The number of hydrogen-bond donors (Lipinski definition) is 0. The minimum absolute atomic E-state index is 0.331. The van der Waals surface area contributed by atoms with Gasteiger partial charge in [0.1, 0.15) is 5.78 Å². The average Bonchev–Trinajstić information content (AvgIpc) is 2.74. The van der Waals surface area contributed by atoms with Gasteiger partial charge in [-0.15, -0.1) is 0 Å². The van der Waals surface area contributed by atoms with Gasteiger partial charge in [0.25, 0.3) is 0 Å². The van der Waals surface area contributed by atoms with Crippen molar-refractivity contribution in [2.45, 2.75) is 40.5 Å². The first-order valence-corrected chi connectivity index (χ1v) is 6.71. The molecule has 2 rings (SSSR count). The summed E-state index contributed by atoms with van der Waals surface area (Å²) in [5.41, 5.74) is 0. The van der Waals surface area contributed by atoms with Gasteiger partial charge in [0, 0.05) is 12.3 Å². The van der Waals surface area contributed by atoms with E-state index in [4.69, 9.17) is 0 Å². The van der Waals surface area contributed by atoms with Crippen molar-refractivity contribution >= 4 is 5.78 Å². The second-order valence-corrected chi connectivity index (χ2v) is 6.36. The van der Waals surface area contributed by atoms with Gasteiger partial charge in [-0.2, -0.15) is 0 Å². The van der Waals surface area contributed by atoms with Crippen LogP contribution in [0.2, 0.25) is 0 Å². The number of carbonyl (C=O) groups is 1. The van der Waals surface area contributed by atoms with Crippen LogP contribution in [0, 0.1) is 35.5 Å². The molecule has 0 N–H and O–H groups in total. The Hall–Kier alpha value is -0.590. The summed E-state index contributed by atoms with van der Waals surface area (Å²) in [5, 5.41) is 0. The number of rotatable bonds is 4. The molecule has 90 valence electrons. The third kappa shape index (κ3) is 1.97. The van der Waals surface area contributed by atoms with Crippen LogP contribution in [-0.2, 0) is 4.79 Å². The van der Waals surface area contributed by atoms with E-state index in [0.717, 1.165) is 6.42 Å². The van der Waals surface area contributed by atoms with Crippen LogP contribution in [0.3, 0.4) is 0 Å². The molecular formula is C15H24O. The van der Waals surface area contributed by atoms with Crippen molar-refractivity contribution in [3.8, 4) is 0 Å². The second-order valence-electron chi connectivity index (χ2n) is 6.36. The lowest BCUT2D eigenvalue weighted by atomic mass is 9.73. The van der Waals surface area contributed by atoms with Gasteiger partial charge in [-0.1, -0.05) is 39.8 Å². The normalized spacial score (nSPS) is 36.6. The molecule has 1 saturated carbocycles. The minimum Gasteiger partial charge on any atom is -0.299 e. The van der Waals surface area contributed by atoms with Crippen LogP contribution < -0.4 is 0 Å². The monoisotopic (exact) mass is 220 g/mol. The van der Waals surface area contributed by atoms with Gasteiger partial charge < -0.3 is 0 Å². The number of Topliss-reactive ketones (excluding diaryl/α,β-unsaturated/α-hetero) is 1. The summed E-state index contributed by atoms with van der Waals surface area (Å²) < 4.78 is 0. The lowest BCUT2D eigenvalue weighted by Gasteiger charge is -2.30. The molecule has 0 heterocycles. The second kappa shape index (κ2) is 4.35. The molecule has 0 aliphatic heterocycles. The first-order chi connectivity index (χ1) is 7.50. The first-order valence-electron chi connectivity index (χ1n) is 6.71. The van der Waals surface area contributed by atoms with E-state index >= 15 is 0 Å². The highest BCUT2D eigenvalue weighted by molar-refractivity contribution is 5.82. The molecule has 1 nitrogen and oxygen atoms in total. The molecule has 4 atom stereocenters. The van der Waals surface area contributed by atoms with Gasteiger partial charge >= 0.3 is 0 Å². The first kappa shape index (κ1) is 11.9. The Kier molecular flexibility index (Phi) is 3.23. The SMILES string of the molecule is CC(C)CC(=O)C1[C@H](C(C)C)[C@H]2C=C[C@@H]1C2. The maximum Gasteiger partial charge on any atom is 0.137 e. The highest BCUT2D eigenvalue weighted by Gasteiger charge is 2.48. The van der Waals surface area contributed by atoms with E-state index < -0.39 is 0 Å². The Balaban J connectivity index is 2.13. The van der Waals surface area contributed by atoms with E-state index in [1.807, 2.05) is 0 Å². The van der Waals surface area contributed by atoms with Gasteiger partial charge in [0.15, 0.2) is 0 Å². The molecule has 0 saturated heterocycles. The fraction of sp³-hybridized carbons (Fsp3) is 0.800. The van der Waals surface area contributed by atoms with Crippen molar-refractivity contribution in [2.75, 3.05) is 0 Å². The van der Waals surface area contributed by atoms with Crippen LogP contribution >= 0.6 is 0 Å². The average molecular weight is 220 g/mol. The van der Waals surface area contributed by atoms with Crippen LogP contribution in [0.5, 0.6) is 0 Å². The van der Waals surface area contributed by atoms with E-state index in [9.17, 15) is 4.79 Å². The van der Waals surface area contributed by atoms with Gasteiger partial charge in [0.05, 0.1) is 0 Å². The Morgan fingerprint density at radius 1 is 1.19 bits per heavy atom. The van der Waals surface area contributed by atoms with E-state index in [0.29, 0.717) is 41.3 Å². The molecule has 0 amide bonds. The van der Waals surface area contributed by atoms with Crippen LogP contribution in [-0.4, -0.2) is 5.78 Å². The molecular weight excluding hydrogens is 196 g/mol. The number of allylic oxidation sites excluding steroid dienone is 2. The fourth-order valence-corrected chi connectivity index (χ4v) is 3.76. The quantitative estimate of drug-likeness (QED) is 0.660. The van der Waals surface area contributed by atoms with Crippen molar-refractivity contribution in [1.29, 1.82) is 0 Å². The molecule has 1 heteroatoms. The third-order valence-corrected chi connectivity index (χ3v) is 4.27. The Morgan fingerprint density at radius 2 is 1.81 bits per heavy atom. The van der Waals surface area contributed by atoms with Gasteiger partial charge in [0.2, 0.25) is 0 Å². The smallest absolute Gasteiger partial charge is 0.137 e. The summed E-state index contributed by atoms with van der Waals surface area (Å²) in [7, 11) is 0. The predicted molar refractivity (Wildman–Crippen MR) is 67.0 cm³/mol. The summed E-state index contributed by atoms with van der Waals surface area (Å²) in [6.45, 7) is 8.83. The molecule has 1 fully saturated rings. The van der Waals surface area contributed by atoms with Crippen LogP contribution in [0.25, 0.3) is 0 Å². The molecule has 0 aromatic heterocycles. The number of carbonyl (C=O) groups excluding carboxylic acids is 1. The number of fused-ring (bicyclic) bond motifs is 2. The Bertz CT molecular complexity index is 301. The van der Waals surface area contributed by atoms with Gasteiger partial charge in [-0.25, -0.2) is 0 Å². The maximum atomic E-state index is 12.3. The predicted octanol–water partition coefficient (Wildman–Crippen LogP) is 3.70. The topological polar surface area (TPSA) is 17.1 Å². The number of ketones is 1. The summed E-state index contributed by atoms with van der Waals surface area (Å²) >= 11 is 0. The van der Waals surface area contributed by atoms with Crippen molar-refractivity contribution in [1.82, 2.24) is 0 Å². The van der Waals surface area contributed by atoms with E-state index in [1.54, 1.807) is 0 Å². The van der Waals surface area contributed by atoms with Gasteiger partial charge in [-0.3, -0.25) is 4.79 Å². The van der Waals surface area contributed by atoms with E-state index in [1.165, 1.54) is 6.42 Å². The zero-order valence-electron chi connectivity index (χ0n) is 10.9. The summed E-state index contributed by atoms with van der Waals surface area (Å²) in [6, 6.07) is 0. The lowest BCUT2D eigenvalue weighted by Crippen LogP contribution is -2.31. The van der Waals surface area contributed by atoms with E-state index in [-0.39, 0.29) is 0 Å². The third-order valence-electron chi connectivity index (χ3n) is 4.27. The molecule has 2 aliphatic rings. The van der Waals surface area contributed by atoms with Crippen LogP contribution in [0.4, 0.5) is 0 Å². The highest BCUT2D eigenvalue weighted by atomic mass is 16.1. The summed E-state index contributed by atoms with van der Waals surface area (Å²) in [5.74, 6) is 3.85. The zero-order valence-corrected chi connectivity index (χ0v) is 10.9. The molecule has 16 heavy (non-hydrogen) atoms. The fourth-order valence-electron chi connectivity index (χ4n) is 3.76. The molecule has 1 unspecified atom stereocenters. The van der Waals surface area contributed by atoms with Gasteiger partial charge in [-0.05, 0) is 36.0 Å². The molecule has 2 bridgehead atoms. The molecule has 0 aromatic carbocycles. The largest absolute Gasteiger partial charge is 0.299 e. The minimum atomic E-state index is 0.331. The maximum absolute atomic E-state index is 12.3. The lowest BCUT2D eigenvalue weighted by molar-refractivity contribution is -0.126. The van der Waals surface area contributed by atoms with Crippen molar-refractivity contribution in [3.05, 3.63) is 12.2 Å². The van der Waals surface area contributed by atoms with Crippen LogP contribution in [0.15, 0.2) is 12.2 Å². The van der Waals surface area contributed by atoms with Crippen molar-refractivity contribution in [2.24, 2.45) is 35.5 Å². The molecule has 0 aromatic rings. The Labute approximate surface area is 99.3 Å². The van der Waals surface area contributed by atoms with Crippen molar-refractivity contribution in [3.63, 3.8) is 0 Å². The molecule has 0 radical (unpaired) electrons. The van der Waals surface area contributed by atoms with E-state index in [2.05, 4.69) is 39.8 Å². The highest BCUT2D eigenvalue weighted by Crippen LogP contribution is 2.51. The molecule has 2 aliphatic carbocycles. The summed E-state index contributed by atoms with van der Waals surface area (Å²) in [4.78, 5) is 12.3. The van der Waals surface area contributed by atoms with Crippen molar-refractivity contribution < 1.29 is 4.79 Å². The standard InChI is InChI=1S/C15H24O/c1-9(2)7-13(16)15-12-6-5-11(8-12)14(15)10(3)4/h5-6,9-12,14-15H,7-8H2,1-4H3/t11-,12+,14+,15?/m0/s1. The zero-order chi connectivity index (χ0) is 11.9. The van der Waals surface area contributed by atoms with Crippen LogP contribution in [0.1, 0.15) is 40.5 Å². The summed E-state index contributed by atoms with van der Waals surface area (Å²) in [6.07, 6.45) is 6.66. The molecule has 0 spiro atoms. The Morgan fingerprint density at radius 3 is 2.38 bits per heavy atom. The number of hydrogen-bond acceptors (Lipinski definition) is 1.